The Bertz CT molecular complexity index is 1060. The summed E-state index contributed by atoms with van der Waals surface area (Å²) in [4.78, 5) is 2.78. The predicted octanol–water partition coefficient (Wildman–Crippen LogP) is 5.04. The molecule has 1 saturated heterocycles. The van der Waals surface area contributed by atoms with Crippen LogP contribution in [-0.4, -0.2) is 20.3 Å². The van der Waals surface area contributed by atoms with Crippen molar-refractivity contribution in [2.24, 2.45) is 5.92 Å². The van der Waals surface area contributed by atoms with Crippen LogP contribution in [0.5, 0.6) is 5.75 Å². The molecule has 1 unspecified atom stereocenters. The summed E-state index contributed by atoms with van der Waals surface area (Å²) in [6.45, 7) is -0.146. The van der Waals surface area contributed by atoms with Crippen molar-refractivity contribution in [3.8, 4) is 5.75 Å². The largest absolute Gasteiger partial charge is 0.508 e. The highest BCUT2D eigenvalue weighted by molar-refractivity contribution is 7.80. The third kappa shape index (κ3) is 4.32. The minimum atomic E-state index is -0.722. The lowest BCUT2D eigenvalue weighted by Gasteiger charge is -2.50. The van der Waals surface area contributed by atoms with Crippen molar-refractivity contribution in [1.29, 1.82) is 0 Å². The molecule has 4 nitrogen and oxygen atoms in total. The number of benzene rings is 3. The Hall–Kier alpha value is -2.80. The minimum Gasteiger partial charge on any atom is -0.508 e. The summed E-state index contributed by atoms with van der Waals surface area (Å²) in [7, 11) is 0. The third-order valence-electron chi connectivity index (χ3n) is 5.85. The molecule has 1 aliphatic rings. The lowest BCUT2D eigenvalue weighted by Crippen LogP contribution is -2.54. The standard InChI is InChI=1S/C25H24FNO3S/c26-18-9-7-17(8-10-18)22(29)13-12-21-24(20-11-6-16(15-28)14-23(20)30)27(25(21)31)19-4-2-1-3-5-19/h1-11,14,21-22,24,28-30H,12-13,15H2/t21-,22?,24-/m1/s1. The van der Waals surface area contributed by atoms with Crippen LogP contribution in [0.15, 0.2) is 72.8 Å². The number of phenolic OH excluding ortho intramolecular Hbond substituents is 1. The Morgan fingerprint density at radius 2 is 1.71 bits per heavy atom. The van der Waals surface area contributed by atoms with Gasteiger partial charge < -0.3 is 20.2 Å². The van der Waals surface area contributed by atoms with E-state index >= 15 is 0 Å². The molecule has 31 heavy (non-hydrogen) atoms. The molecule has 0 radical (unpaired) electrons. The lowest BCUT2D eigenvalue weighted by atomic mass is 9.78. The number of aliphatic hydroxyl groups is 2. The van der Waals surface area contributed by atoms with Gasteiger partial charge in [-0.1, -0.05) is 54.7 Å². The van der Waals surface area contributed by atoms with Gasteiger partial charge in [-0.3, -0.25) is 0 Å². The summed E-state index contributed by atoms with van der Waals surface area (Å²) in [5.41, 5.74) is 2.98. The summed E-state index contributed by atoms with van der Waals surface area (Å²) in [5, 5.41) is 30.6. The number of para-hydroxylation sites is 1. The quantitative estimate of drug-likeness (QED) is 0.452. The van der Waals surface area contributed by atoms with Crippen molar-refractivity contribution in [2.45, 2.75) is 31.6 Å². The topological polar surface area (TPSA) is 63.9 Å². The number of halogens is 1. The van der Waals surface area contributed by atoms with Crippen LogP contribution in [0.1, 0.15) is 41.7 Å². The summed E-state index contributed by atoms with van der Waals surface area (Å²) in [5.74, 6) is -0.267. The number of hydrogen-bond acceptors (Lipinski definition) is 4. The SMILES string of the molecule is OCc1ccc([C@@H]2[C@@H](CCC(O)c3ccc(F)cc3)C(=S)N2c2ccccc2)c(O)c1. The molecule has 1 aliphatic heterocycles. The van der Waals surface area contributed by atoms with E-state index in [1.54, 1.807) is 24.3 Å². The fourth-order valence-electron chi connectivity index (χ4n) is 4.19. The van der Waals surface area contributed by atoms with Crippen molar-refractivity contribution < 1.29 is 19.7 Å². The molecule has 0 amide bonds. The second-order valence-corrected chi connectivity index (χ2v) is 8.21. The van der Waals surface area contributed by atoms with Gasteiger partial charge in [-0.05, 0) is 54.3 Å². The van der Waals surface area contributed by atoms with Crippen LogP contribution < -0.4 is 4.90 Å². The van der Waals surface area contributed by atoms with Crippen LogP contribution >= 0.6 is 12.2 Å². The Balaban J connectivity index is 1.58. The third-order valence-corrected chi connectivity index (χ3v) is 6.35. The highest BCUT2D eigenvalue weighted by atomic mass is 32.1. The zero-order valence-electron chi connectivity index (χ0n) is 16.9. The fraction of sp³-hybridized carbons (Fsp3) is 0.240. The first-order valence-corrected chi connectivity index (χ1v) is 10.6. The maximum absolute atomic E-state index is 13.2. The van der Waals surface area contributed by atoms with E-state index in [-0.39, 0.29) is 30.1 Å². The van der Waals surface area contributed by atoms with E-state index in [0.29, 0.717) is 24.0 Å². The van der Waals surface area contributed by atoms with Crippen LogP contribution in [0.4, 0.5) is 10.1 Å². The van der Waals surface area contributed by atoms with Crippen molar-refractivity contribution in [2.75, 3.05) is 4.90 Å². The van der Waals surface area contributed by atoms with E-state index < -0.39 is 6.10 Å². The molecule has 160 valence electrons. The fourth-order valence-corrected chi connectivity index (χ4v) is 4.65. The zero-order valence-corrected chi connectivity index (χ0v) is 17.7. The molecular weight excluding hydrogens is 413 g/mol. The Kier molecular flexibility index (Phi) is 6.32. The van der Waals surface area contributed by atoms with Gasteiger partial charge in [-0.25, -0.2) is 4.39 Å². The monoisotopic (exact) mass is 437 g/mol. The number of aliphatic hydroxyl groups excluding tert-OH is 2. The van der Waals surface area contributed by atoms with Gasteiger partial charge in [0.05, 0.1) is 23.7 Å². The molecule has 1 fully saturated rings. The van der Waals surface area contributed by atoms with Gasteiger partial charge in [0.15, 0.2) is 0 Å². The van der Waals surface area contributed by atoms with Gasteiger partial charge in [0.25, 0.3) is 0 Å². The molecule has 3 aromatic carbocycles. The first-order valence-electron chi connectivity index (χ1n) is 10.2. The van der Waals surface area contributed by atoms with Crippen LogP contribution in [0.3, 0.4) is 0 Å². The van der Waals surface area contributed by atoms with Crippen LogP contribution in [0, 0.1) is 11.7 Å². The number of anilines is 1. The number of rotatable bonds is 7. The van der Waals surface area contributed by atoms with Gasteiger partial charge in [0, 0.05) is 17.2 Å². The van der Waals surface area contributed by atoms with E-state index in [1.807, 2.05) is 41.3 Å². The van der Waals surface area contributed by atoms with Crippen LogP contribution in [0.25, 0.3) is 0 Å². The van der Waals surface area contributed by atoms with Crippen LogP contribution in [-0.2, 0) is 6.61 Å². The smallest absolute Gasteiger partial charge is 0.123 e. The van der Waals surface area contributed by atoms with E-state index in [9.17, 15) is 19.7 Å². The molecule has 0 spiro atoms. The number of phenols is 1. The van der Waals surface area contributed by atoms with Gasteiger partial charge in [-0.2, -0.15) is 0 Å². The average Bonchev–Trinajstić information content (AvgIpc) is 2.78. The van der Waals surface area contributed by atoms with Crippen molar-refractivity contribution in [1.82, 2.24) is 0 Å². The zero-order chi connectivity index (χ0) is 22.0. The number of thiocarbonyl (C=S) groups is 1. The molecule has 1 heterocycles. The molecule has 0 bridgehead atoms. The maximum atomic E-state index is 13.2. The molecule has 4 rings (SSSR count). The second-order valence-electron chi connectivity index (χ2n) is 7.79. The average molecular weight is 438 g/mol. The normalized spacial score (nSPS) is 19.2. The maximum Gasteiger partial charge on any atom is 0.123 e. The first-order chi connectivity index (χ1) is 15.0. The minimum absolute atomic E-state index is 0.0452. The summed E-state index contributed by atoms with van der Waals surface area (Å²) in [6, 6.07) is 20.6. The molecule has 0 aliphatic carbocycles. The summed E-state index contributed by atoms with van der Waals surface area (Å²) >= 11 is 5.74. The van der Waals surface area contributed by atoms with Crippen molar-refractivity contribution >= 4 is 22.9 Å². The van der Waals surface area contributed by atoms with Gasteiger partial charge in [0.2, 0.25) is 0 Å². The Labute approximate surface area is 186 Å². The first kappa shape index (κ1) is 21.4. The van der Waals surface area contributed by atoms with Crippen LogP contribution in [0.2, 0.25) is 0 Å². The Morgan fingerprint density at radius 1 is 1.00 bits per heavy atom. The molecule has 3 atom stereocenters. The highest BCUT2D eigenvalue weighted by Crippen LogP contribution is 2.49. The van der Waals surface area contributed by atoms with Gasteiger partial charge in [0.1, 0.15) is 11.6 Å². The van der Waals surface area contributed by atoms with E-state index in [4.69, 9.17) is 12.2 Å². The number of aromatic hydroxyl groups is 1. The second kappa shape index (κ2) is 9.14. The molecular formula is C25H24FNO3S. The Morgan fingerprint density at radius 3 is 2.35 bits per heavy atom. The molecule has 6 heteroatoms. The number of hydrogen-bond donors (Lipinski definition) is 3. The molecule has 0 aromatic heterocycles. The number of nitrogens with zero attached hydrogens (tertiary/aromatic N) is 1. The summed E-state index contributed by atoms with van der Waals surface area (Å²) in [6.07, 6.45) is 0.359. The highest BCUT2D eigenvalue weighted by Gasteiger charge is 2.46. The van der Waals surface area contributed by atoms with Gasteiger partial charge >= 0.3 is 0 Å². The molecule has 3 aromatic rings. The van der Waals surface area contributed by atoms with Crippen molar-refractivity contribution in [3.05, 3.63) is 95.3 Å². The molecule has 3 N–H and O–H groups in total. The summed E-state index contributed by atoms with van der Waals surface area (Å²) < 4.78 is 13.2. The lowest BCUT2D eigenvalue weighted by molar-refractivity contribution is 0.157. The van der Waals surface area contributed by atoms with Gasteiger partial charge in [-0.15, -0.1) is 0 Å². The molecule has 0 saturated carbocycles. The van der Waals surface area contributed by atoms with E-state index in [2.05, 4.69) is 0 Å². The van der Waals surface area contributed by atoms with E-state index in [0.717, 1.165) is 16.2 Å². The predicted molar refractivity (Wildman–Crippen MR) is 122 cm³/mol. The van der Waals surface area contributed by atoms with Crippen molar-refractivity contribution in [3.63, 3.8) is 0 Å². The van der Waals surface area contributed by atoms with E-state index in [1.165, 1.54) is 12.1 Å².